The van der Waals surface area contributed by atoms with Gasteiger partial charge in [-0.15, -0.1) is 10.2 Å². The van der Waals surface area contributed by atoms with Crippen LogP contribution in [-0.2, 0) is 26.3 Å². The van der Waals surface area contributed by atoms with Crippen molar-refractivity contribution in [1.29, 1.82) is 0 Å². The number of benzene rings is 1. The second-order valence-corrected chi connectivity index (χ2v) is 7.30. The second kappa shape index (κ2) is 7.46. The van der Waals surface area contributed by atoms with Gasteiger partial charge in [0.2, 0.25) is 17.7 Å². The molecule has 0 radical (unpaired) electrons. The Morgan fingerprint density at radius 1 is 1.10 bits per heavy atom. The van der Waals surface area contributed by atoms with Gasteiger partial charge in [0.1, 0.15) is 0 Å². The molecule has 8 heteroatoms. The van der Waals surface area contributed by atoms with Crippen molar-refractivity contribution in [3.05, 3.63) is 66.1 Å². The minimum atomic E-state index is -0.880. The van der Waals surface area contributed by atoms with Gasteiger partial charge in [-0.2, -0.15) is 0 Å². The number of amides is 3. The van der Waals surface area contributed by atoms with Gasteiger partial charge >= 0.3 is 0 Å². The van der Waals surface area contributed by atoms with Crippen LogP contribution in [0, 0.1) is 0 Å². The number of nitrogens with zero attached hydrogens (tertiary/aromatic N) is 4. The fourth-order valence-corrected chi connectivity index (χ4v) is 3.63. The van der Waals surface area contributed by atoms with E-state index in [9.17, 15) is 14.4 Å². The number of nitrogens with one attached hydrogen (secondary N) is 1. The van der Waals surface area contributed by atoms with Gasteiger partial charge in [0.15, 0.2) is 11.5 Å². The lowest BCUT2D eigenvalue weighted by Gasteiger charge is -2.22. The highest BCUT2D eigenvalue weighted by molar-refractivity contribution is 6.09. The number of rotatable bonds is 6. The third-order valence-electron chi connectivity index (χ3n) is 5.32. The highest BCUT2D eigenvalue weighted by Crippen LogP contribution is 2.36. The van der Waals surface area contributed by atoms with E-state index in [0.29, 0.717) is 11.5 Å². The van der Waals surface area contributed by atoms with E-state index in [-0.39, 0.29) is 43.7 Å². The Morgan fingerprint density at radius 2 is 1.86 bits per heavy atom. The number of aromatic nitrogens is 3. The molecule has 2 aromatic heterocycles. The zero-order valence-corrected chi connectivity index (χ0v) is 16.0. The molecule has 1 aromatic carbocycles. The van der Waals surface area contributed by atoms with E-state index in [4.69, 9.17) is 0 Å². The van der Waals surface area contributed by atoms with Gasteiger partial charge in [-0.05, 0) is 24.6 Å². The summed E-state index contributed by atoms with van der Waals surface area (Å²) in [5, 5.41) is 10.9. The van der Waals surface area contributed by atoms with Crippen LogP contribution < -0.4 is 5.32 Å². The van der Waals surface area contributed by atoms with Crippen LogP contribution in [0.4, 0.5) is 0 Å². The quantitative estimate of drug-likeness (QED) is 0.642. The predicted molar refractivity (Wildman–Crippen MR) is 105 cm³/mol. The summed E-state index contributed by atoms with van der Waals surface area (Å²) >= 11 is 0. The molecule has 1 atom stereocenters. The summed E-state index contributed by atoms with van der Waals surface area (Å²) in [7, 11) is 0. The minimum absolute atomic E-state index is 0.0408. The van der Waals surface area contributed by atoms with Crippen LogP contribution in [0.15, 0.2) is 54.7 Å². The normalized spacial score (nSPS) is 19.1. The molecule has 3 heterocycles. The van der Waals surface area contributed by atoms with Crippen LogP contribution in [-0.4, -0.2) is 43.8 Å². The summed E-state index contributed by atoms with van der Waals surface area (Å²) in [4.78, 5) is 38.8. The number of carbonyl (C=O) groups excluding carboxylic acids is 3. The second-order valence-electron chi connectivity index (χ2n) is 7.30. The molecule has 1 aliphatic heterocycles. The molecule has 4 rings (SSSR count). The summed E-state index contributed by atoms with van der Waals surface area (Å²) in [5.41, 5.74) is 0.629. The number of imide groups is 1. The number of hydrogen-bond acceptors (Lipinski definition) is 5. The van der Waals surface area contributed by atoms with E-state index in [2.05, 4.69) is 15.5 Å². The maximum atomic E-state index is 12.9. The maximum absolute atomic E-state index is 12.9. The first-order valence-corrected chi connectivity index (χ1v) is 9.45. The Bertz CT molecular complexity index is 1080. The highest BCUT2D eigenvalue weighted by atomic mass is 16.2. The van der Waals surface area contributed by atoms with Crippen LogP contribution in [0.2, 0.25) is 0 Å². The molecule has 0 unspecified atom stereocenters. The monoisotopic (exact) mass is 391 g/mol. The molecule has 1 aliphatic rings. The van der Waals surface area contributed by atoms with Gasteiger partial charge in [-0.3, -0.25) is 23.7 Å². The number of fused-ring (bicyclic) bond motifs is 1. The van der Waals surface area contributed by atoms with E-state index in [1.807, 2.05) is 54.7 Å². The van der Waals surface area contributed by atoms with E-state index in [1.165, 1.54) is 4.90 Å². The lowest BCUT2D eigenvalue weighted by atomic mass is 9.81. The minimum Gasteiger partial charge on any atom is -0.349 e. The van der Waals surface area contributed by atoms with E-state index in [0.717, 1.165) is 5.56 Å². The maximum Gasteiger partial charge on any atom is 0.240 e. The molecule has 8 nitrogen and oxygen atoms in total. The van der Waals surface area contributed by atoms with Crippen molar-refractivity contribution in [3.8, 4) is 0 Å². The third kappa shape index (κ3) is 3.49. The summed E-state index contributed by atoms with van der Waals surface area (Å²) < 4.78 is 1.79. The molecule has 3 aromatic rings. The van der Waals surface area contributed by atoms with Crippen LogP contribution in [0.3, 0.4) is 0 Å². The fraction of sp³-hybridized carbons (Fsp3) is 0.286. The summed E-state index contributed by atoms with van der Waals surface area (Å²) in [6.07, 6.45) is 1.98. The molecule has 29 heavy (non-hydrogen) atoms. The van der Waals surface area contributed by atoms with Gasteiger partial charge < -0.3 is 5.32 Å². The molecule has 0 spiro atoms. The molecule has 0 bridgehead atoms. The molecular weight excluding hydrogens is 370 g/mol. The van der Waals surface area contributed by atoms with Crippen molar-refractivity contribution < 1.29 is 14.4 Å². The highest BCUT2D eigenvalue weighted by Gasteiger charge is 2.49. The van der Waals surface area contributed by atoms with Crippen LogP contribution in [0.25, 0.3) is 5.65 Å². The van der Waals surface area contributed by atoms with Crippen molar-refractivity contribution in [2.24, 2.45) is 0 Å². The molecule has 1 N–H and O–H groups in total. The smallest absolute Gasteiger partial charge is 0.240 e. The van der Waals surface area contributed by atoms with Crippen molar-refractivity contribution in [2.45, 2.75) is 31.7 Å². The molecule has 1 saturated heterocycles. The van der Waals surface area contributed by atoms with Gasteiger partial charge in [0, 0.05) is 25.6 Å². The summed E-state index contributed by atoms with van der Waals surface area (Å²) in [5.74, 6) is -0.159. The predicted octanol–water partition coefficient (Wildman–Crippen LogP) is 1.45. The lowest BCUT2D eigenvalue weighted by Crippen LogP contribution is -2.38. The van der Waals surface area contributed by atoms with Gasteiger partial charge in [-0.1, -0.05) is 36.4 Å². The zero-order chi connectivity index (χ0) is 20.4. The molecule has 3 amide bonds. The largest absolute Gasteiger partial charge is 0.349 e. The molecule has 0 saturated carbocycles. The van der Waals surface area contributed by atoms with Crippen LogP contribution >= 0.6 is 0 Å². The number of hydrogen-bond donors (Lipinski definition) is 1. The summed E-state index contributed by atoms with van der Waals surface area (Å²) in [6.45, 7) is 2.05. The molecule has 0 aliphatic carbocycles. The Balaban J connectivity index is 1.35. The van der Waals surface area contributed by atoms with E-state index >= 15 is 0 Å². The number of pyridine rings is 1. The average Bonchev–Trinajstić information content (AvgIpc) is 3.25. The molecule has 1 fully saturated rings. The first-order chi connectivity index (χ1) is 14.0. The average molecular weight is 391 g/mol. The van der Waals surface area contributed by atoms with Crippen LogP contribution in [0.5, 0.6) is 0 Å². The third-order valence-corrected chi connectivity index (χ3v) is 5.32. The standard InChI is InChI=1S/C21H21N5O3/c1-21(15-7-3-2-4-8-15)13-19(28)26(20(21)29)12-10-18(27)22-14-17-24-23-16-9-5-6-11-25(16)17/h2-9,11H,10,12-14H2,1H3,(H,22,27)/t21-/m0/s1. The van der Waals surface area contributed by atoms with Gasteiger partial charge in [0.25, 0.3) is 0 Å². The topological polar surface area (TPSA) is 96.7 Å². The lowest BCUT2D eigenvalue weighted by molar-refractivity contribution is -0.140. The van der Waals surface area contributed by atoms with Crippen molar-refractivity contribution in [3.63, 3.8) is 0 Å². The van der Waals surface area contributed by atoms with Crippen molar-refractivity contribution in [1.82, 2.24) is 24.8 Å². The summed E-state index contributed by atoms with van der Waals surface area (Å²) in [6, 6.07) is 14.8. The van der Waals surface area contributed by atoms with Crippen molar-refractivity contribution in [2.75, 3.05) is 6.54 Å². The van der Waals surface area contributed by atoms with E-state index < -0.39 is 5.41 Å². The Morgan fingerprint density at radius 3 is 2.66 bits per heavy atom. The Kier molecular flexibility index (Phi) is 4.84. The SMILES string of the molecule is C[C@@]1(c2ccccc2)CC(=O)N(CCC(=O)NCc2nnc3ccccn23)C1=O. The number of carbonyl (C=O) groups is 3. The first-order valence-electron chi connectivity index (χ1n) is 9.45. The van der Waals surface area contributed by atoms with E-state index in [1.54, 1.807) is 11.3 Å². The Labute approximate surface area is 167 Å². The van der Waals surface area contributed by atoms with Gasteiger partial charge in [0.05, 0.1) is 12.0 Å². The molecule has 148 valence electrons. The zero-order valence-electron chi connectivity index (χ0n) is 16.0. The van der Waals surface area contributed by atoms with Crippen LogP contribution in [0.1, 0.15) is 31.2 Å². The fourth-order valence-electron chi connectivity index (χ4n) is 3.63. The first kappa shape index (κ1) is 18.8. The van der Waals surface area contributed by atoms with Gasteiger partial charge in [-0.25, -0.2) is 0 Å². The molecular formula is C21H21N5O3. The van der Waals surface area contributed by atoms with Crippen molar-refractivity contribution >= 4 is 23.4 Å². The number of likely N-dealkylation sites (tertiary alicyclic amines) is 1. The Hall–Kier alpha value is -3.55.